The summed E-state index contributed by atoms with van der Waals surface area (Å²) in [7, 11) is 1.91. The molecule has 0 bridgehead atoms. The Hall–Kier alpha value is -1.08. The summed E-state index contributed by atoms with van der Waals surface area (Å²) in [6.45, 7) is 4.40. The van der Waals surface area contributed by atoms with Crippen LogP contribution < -0.4 is 0 Å². The van der Waals surface area contributed by atoms with E-state index in [0.29, 0.717) is 13.0 Å². The van der Waals surface area contributed by atoms with Gasteiger partial charge >= 0.3 is 0 Å². The highest BCUT2D eigenvalue weighted by Crippen LogP contribution is 2.12. The number of likely N-dealkylation sites (N-methyl/N-ethyl adjacent to an activating group) is 1. The van der Waals surface area contributed by atoms with E-state index >= 15 is 0 Å². The molecule has 0 unspecified atom stereocenters. The minimum atomic E-state index is -0.110. The lowest BCUT2D eigenvalue weighted by molar-refractivity contribution is -0.135. The standard InChI is InChI=1S/C13H23N3O/c1-12(15(2)9-7-8-14)13(17)16-10-5-3-4-6-11-16/h12H,3-7,9-11H2,1-2H3/t12-/m1/s1. The molecule has 4 nitrogen and oxygen atoms in total. The van der Waals surface area contributed by atoms with Gasteiger partial charge in [-0.05, 0) is 26.8 Å². The third-order valence-corrected chi connectivity index (χ3v) is 3.51. The lowest BCUT2D eigenvalue weighted by Crippen LogP contribution is -2.46. The van der Waals surface area contributed by atoms with Crippen molar-refractivity contribution in [3.05, 3.63) is 0 Å². The Balaban J connectivity index is 2.46. The van der Waals surface area contributed by atoms with E-state index < -0.39 is 0 Å². The monoisotopic (exact) mass is 237 g/mol. The van der Waals surface area contributed by atoms with Gasteiger partial charge in [0.1, 0.15) is 0 Å². The smallest absolute Gasteiger partial charge is 0.239 e. The topological polar surface area (TPSA) is 47.3 Å². The van der Waals surface area contributed by atoms with Crippen molar-refractivity contribution in [1.29, 1.82) is 5.26 Å². The minimum Gasteiger partial charge on any atom is -0.341 e. The Morgan fingerprint density at radius 3 is 2.47 bits per heavy atom. The number of carbonyl (C=O) groups excluding carboxylic acids is 1. The maximum absolute atomic E-state index is 12.3. The molecule has 96 valence electrons. The fourth-order valence-electron chi connectivity index (χ4n) is 2.16. The summed E-state index contributed by atoms with van der Waals surface area (Å²) in [5, 5.41) is 8.55. The summed E-state index contributed by atoms with van der Waals surface area (Å²) in [4.78, 5) is 16.2. The number of rotatable bonds is 4. The maximum Gasteiger partial charge on any atom is 0.239 e. The second-order valence-electron chi connectivity index (χ2n) is 4.80. The minimum absolute atomic E-state index is 0.110. The first kappa shape index (κ1) is 14.0. The zero-order valence-electron chi connectivity index (χ0n) is 11.0. The van der Waals surface area contributed by atoms with Crippen molar-refractivity contribution < 1.29 is 4.79 Å². The number of likely N-dealkylation sites (tertiary alicyclic amines) is 1. The van der Waals surface area contributed by atoms with Gasteiger partial charge in [0.05, 0.1) is 12.1 Å². The average Bonchev–Trinajstić information content (AvgIpc) is 2.62. The van der Waals surface area contributed by atoms with Crippen molar-refractivity contribution >= 4 is 5.91 Å². The molecule has 4 heteroatoms. The van der Waals surface area contributed by atoms with E-state index in [0.717, 1.165) is 25.9 Å². The molecular formula is C13H23N3O. The SMILES string of the molecule is C[C@H](C(=O)N1CCCCCC1)N(C)CCC#N. The lowest BCUT2D eigenvalue weighted by Gasteiger charge is -2.29. The molecule has 0 spiro atoms. The highest BCUT2D eigenvalue weighted by atomic mass is 16.2. The molecule has 1 atom stereocenters. The Labute approximate surface area is 104 Å². The van der Waals surface area contributed by atoms with Gasteiger partial charge in [0, 0.05) is 26.1 Å². The van der Waals surface area contributed by atoms with Crippen LogP contribution in [0.1, 0.15) is 39.0 Å². The van der Waals surface area contributed by atoms with Crippen molar-refractivity contribution in [3.63, 3.8) is 0 Å². The largest absolute Gasteiger partial charge is 0.341 e. The molecule has 1 heterocycles. The number of carbonyl (C=O) groups is 1. The highest BCUT2D eigenvalue weighted by molar-refractivity contribution is 5.81. The van der Waals surface area contributed by atoms with Crippen LogP contribution in [0, 0.1) is 11.3 Å². The Bertz CT molecular complexity index is 277. The summed E-state index contributed by atoms with van der Waals surface area (Å²) in [6, 6.07) is 2.01. The molecule has 0 aromatic carbocycles. The summed E-state index contributed by atoms with van der Waals surface area (Å²) < 4.78 is 0. The molecule has 0 saturated carbocycles. The summed E-state index contributed by atoms with van der Waals surface area (Å²) >= 11 is 0. The average molecular weight is 237 g/mol. The second kappa shape index (κ2) is 7.29. The number of amides is 1. The number of nitrogens with zero attached hydrogens (tertiary/aromatic N) is 3. The fourth-order valence-corrected chi connectivity index (χ4v) is 2.16. The molecule has 1 rings (SSSR count). The van der Waals surface area contributed by atoms with Crippen LogP contribution in [0.15, 0.2) is 0 Å². The van der Waals surface area contributed by atoms with Crippen molar-refractivity contribution in [2.45, 2.75) is 45.1 Å². The predicted molar refractivity (Wildman–Crippen MR) is 67.4 cm³/mol. The van der Waals surface area contributed by atoms with Crippen LogP contribution in [0.3, 0.4) is 0 Å². The van der Waals surface area contributed by atoms with Gasteiger partial charge in [0.2, 0.25) is 5.91 Å². The van der Waals surface area contributed by atoms with Gasteiger partial charge in [-0.15, -0.1) is 0 Å². The molecule has 1 aliphatic heterocycles. The van der Waals surface area contributed by atoms with Crippen LogP contribution in [0.4, 0.5) is 0 Å². The molecule has 0 aromatic heterocycles. The first-order valence-corrected chi connectivity index (χ1v) is 6.53. The van der Waals surface area contributed by atoms with Crippen LogP contribution in [-0.2, 0) is 4.79 Å². The van der Waals surface area contributed by atoms with E-state index in [1.165, 1.54) is 12.8 Å². The molecule has 0 N–H and O–H groups in total. The second-order valence-corrected chi connectivity index (χ2v) is 4.80. The third-order valence-electron chi connectivity index (χ3n) is 3.51. The normalized spacial score (nSPS) is 18.6. The van der Waals surface area contributed by atoms with Crippen molar-refractivity contribution in [2.75, 3.05) is 26.7 Å². The zero-order chi connectivity index (χ0) is 12.7. The van der Waals surface area contributed by atoms with Gasteiger partial charge in [0.15, 0.2) is 0 Å². The van der Waals surface area contributed by atoms with Gasteiger partial charge in [0.25, 0.3) is 0 Å². The van der Waals surface area contributed by atoms with Crippen LogP contribution >= 0.6 is 0 Å². The zero-order valence-corrected chi connectivity index (χ0v) is 11.0. The van der Waals surface area contributed by atoms with Crippen LogP contribution in [0.5, 0.6) is 0 Å². The van der Waals surface area contributed by atoms with E-state index in [1.807, 2.05) is 23.8 Å². The third kappa shape index (κ3) is 4.35. The Morgan fingerprint density at radius 1 is 1.35 bits per heavy atom. The lowest BCUT2D eigenvalue weighted by atomic mass is 10.2. The summed E-state index contributed by atoms with van der Waals surface area (Å²) in [5.74, 6) is 0.215. The van der Waals surface area contributed by atoms with Crippen molar-refractivity contribution in [3.8, 4) is 6.07 Å². The molecule has 17 heavy (non-hydrogen) atoms. The predicted octanol–water partition coefficient (Wildman–Crippen LogP) is 1.62. The molecule has 1 fully saturated rings. The van der Waals surface area contributed by atoms with Crippen LogP contribution in [0.25, 0.3) is 0 Å². The fraction of sp³-hybridized carbons (Fsp3) is 0.846. The van der Waals surface area contributed by atoms with E-state index in [-0.39, 0.29) is 11.9 Å². The van der Waals surface area contributed by atoms with E-state index in [1.54, 1.807) is 0 Å². The van der Waals surface area contributed by atoms with E-state index in [9.17, 15) is 4.79 Å². The number of hydrogen-bond acceptors (Lipinski definition) is 3. The molecule has 0 aliphatic carbocycles. The first-order valence-electron chi connectivity index (χ1n) is 6.53. The quantitative estimate of drug-likeness (QED) is 0.746. The molecule has 1 saturated heterocycles. The molecule has 0 aromatic rings. The van der Waals surface area contributed by atoms with Gasteiger partial charge in [-0.1, -0.05) is 12.8 Å². The summed E-state index contributed by atoms with van der Waals surface area (Å²) in [6.07, 6.45) is 5.21. The molecule has 1 aliphatic rings. The van der Waals surface area contributed by atoms with Crippen molar-refractivity contribution in [2.24, 2.45) is 0 Å². The van der Waals surface area contributed by atoms with Crippen LogP contribution in [0.2, 0.25) is 0 Å². The van der Waals surface area contributed by atoms with Gasteiger partial charge in [-0.25, -0.2) is 0 Å². The van der Waals surface area contributed by atoms with E-state index in [2.05, 4.69) is 6.07 Å². The van der Waals surface area contributed by atoms with Crippen LogP contribution in [-0.4, -0.2) is 48.4 Å². The Kier molecular flexibility index (Phi) is 5.99. The first-order chi connectivity index (χ1) is 8.16. The highest BCUT2D eigenvalue weighted by Gasteiger charge is 2.23. The molecule has 0 radical (unpaired) electrons. The maximum atomic E-state index is 12.3. The Morgan fingerprint density at radius 2 is 1.94 bits per heavy atom. The van der Waals surface area contributed by atoms with E-state index in [4.69, 9.17) is 5.26 Å². The van der Waals surface area contributed by atoms with Crippen molar-refractivity contribution in [1.82, 2.24) is 9.80 Å². The number of nitriles is 1. The molecular weight excluding hydrogens is 214 g/mol. The number of hydrogen-bond donors (Lipinski definition) is 0. The summed E-state index contributed by atoms with van der Waals surface area (Å²) in [5.41, 5.74) is 0. The van der Waals surface area contributed by atoms with Gasteiger partial charge in [-0.2, -0.15) is 5.26 Å². The van der Waals surface area contributed by atoms with Gasteiger partial charge in [-0.3, -0.25) is 9.69 Å². The van der Waals surface area contributed by atoms with Gasteiger partial charge < -0.3 is 4.90 Å². The molecule has 1 amide bonds.